The number of nitrogens with one attached hydrogen (secondary N) is 2. The molecule has 0 aliphatic carbocycles. The Morgan fingerprint density at radius 1 is 1.19 bits per heavy atom. The van der Waals surface area contributed by atoms with Crippen LogP contribution < -0.4 is 16.4 Å². The molecule has 7 nitrogen and oxygen atoms in total. The zero-order chi connectivity index (χ0) is 22.5. The van der Waals surface area contributed by atoms with Gasteiger partial charge in [-0.05, 0) is 50.1 Å². The molecule has 164 valence electrons. The van der Waals surface area contributed by atoms with Gasteiger partial charge in [0.15, 0.2) is 5.16 Å². The van der Waals surface area contributed by atoms with Crippen LogP contribution in [0.25, 0.3) is 10.2 Å². The maximum absolute atomic E-state index is 13.1. The summed E-state index contributed by atoms with van der Waals surface area (Å²) in [5.41, 5.74) is 6.03. The predicted molar refractivity (Wildman–Crippen MR) is 126 cm³/mol. The third-order valence-corrected chi connectivity index (χ3v) is 7.07. The Kier molecular flexibility index (Phi) is 7.74. The van der Waals surface area contributed by atoms with Crippen molar-refractivity contribution in [3.63, 3.8) is 0 Å². The van der Waals surface area contributed by atoms with Crippen LogP contribution in [0.2, 0.25) is 5.02 Å². The van der Waals surface area contributed by atoms with E-state index in [2.05, 4.69) is 22.8 Å². The summed E-state index contributed by atoms with van der Waals surface area (Å²) in [5.74, 6) is -0.838. The number of aryl methyl sites for hydroxylation is 2. The summed E-state index contributed by atoms with van der Waals surface area (Å²) < 4.78 is 1.65. The van der Waals surface area contributed by atoms with E-state index in [1.54, 1.807) is 28.8 Å². The molecule has 0 aliphatic heterocycles. The van der Waals surface area contributed by atoms with E-state index in [0.29, 0.717) is 32.5 Å². The van der Waals surface area contributed by atoms with Gasteiger partial charge in [0.05, 0.1) is 11.1 Å². The van der Waals surface area contributed by atoms with Crippen LogP contribution in [0, 0.1) is 13.8 Å². The van der Waals surface area contributed by atoms with Crippen LogP contribution in [-0.4, -0.2) is 27.1 Å². The van der Waals surface area contributed by atoms with Crippen molar-refractivity contribution in [2.75, 3.05) is 5.75 Å². The van der Waals surface area contributed by atoms with Crippen LogP contribution >= 0.6 is 34.7 Å². The Labute approximate surface area is 193 Å². The van der Waals surface area contributed by atoms with Crippen molar-refractivity contribution >= 4 is 56.7 Å². The van der Waals surface area contributed by atoms with E-state index in [9.17, 15) is 14.4 Å². The highest BCUT2D eigenvalue weighted by Gasteiger charge is 2.17. The fourth-order valence-corrected chi connectivity index (χ4v) is 4.92. The molecule has 0 aliphatic rings. The summed E-state index contributed by atoms with van der Waals surface area (Å²) in [7, 11) is 0. The van der Waals surface area contributed by atoms with Gasteiger partial charge < -0.3 is 0 Å². The van der Waals surface area contributed by atoms with E-state index in [4.69, 9.17) is 11.6 Å². The fraction of sp³-hybridized carbons (Fsp3) is 0.333. The molecule has 2 N–H and O–H groups in total. The van der Waals surface area contributed by atoms with E-state index in [-0.39, 0.29) is 11.3 Å². The highest BCUT2D eigenvalue weighted by Crippen LogP contribution is 2.28. The van der Waals surface area contributed by atoms with Crippen molar-refractivity contribution in [2.45, 2.75) is 45.3 Å². The molecule has 0 atom stereocenters. The Morgan fingerprint density at radius 3 is 2.58 bits per heavy atom. The van der Waals surface area contributed by atoms with Crippen LogP contribution in [0.1, 0.15) is 40.6 Å². The number of thiophene rings is 1. The molecule has 10 heteroatoms. The zero-order valence-corrected chi connectivity index (χ0v) is 19.8. The Morgan fingerprint density at radius 2 is 1.90 bits per heavy atom. The summed E-state index contributed by atoms with van der Waals surface area (Å²) in [6.45, 7) is 6.51. The van der Waals surface area contributed by atoms with Gasteiger partial charge in [-0.25, -0.2) is 4.98 Å². The number of hydrogen-bond acceptors (Lipinski definition) is 6. The number of nitrogens with zero attached hydrogens (tertiary/aromatic N) is 2. The minimum absolute atomic E-state index is 0.00824. The lowest BCUT2D eigenvalue weighted by molar-refractivity contribution is -0.119. The average molecular weight is 479 g/mol. The number of thioether (sulfide) groups is 1. The molecule has 0 spiro atoms. The molecule has 0 saturated carbocycles. The standard InChI is InChI=1S/C21H23ClN4O3S2/c1-4-5-10-26-20(29)17-12(2)13(3)31-19(17)23-21(26)30-11-16(27)24-25-18(28)14-6-8-15(22)9-7-14/h6-9H,4-5,10-11H2,1-3H3,(H,24,27)(H,25,28). The molecule has 0 saturated heterocycles. The zero-order valence-electron chi connectivity index (χ0n) is 17.5. The highest BCUT2D eigenvalue weighted by molar-refractivity contribution is 7.99. The van der Waals surface area contributed by atoms with Crippen LogP contribution in [0.4, 0.5) is 0 Å². The number of unbranched alkanes of at least 4 members (excludes halogenated alkanes) is 1. The van der Waals surface area contributed by atoms with Gasteiger partial charge >= 0.3 is 0 Å². The average Bonchev–Trinajstić information content (AvgIpc) is 3.04. The third kappa shape index (κ3) is 5.47. The van der Waals surface area contributed by atoms with Gasteiger partial charge in [0.25, 0.3) is 11.5 Å². The molecular formula is C21H23ClN4O3S2. The van der Waals surface area contributed by atoms with Gasteiger partial charge in [-0.15, -0.1) is 11.3 Å². The largest absolute Gasteiger partial charge is 0.287 e. The molecule has 0 radical (unpaired) electrons. The molecule has 31 heavy (non-hydrogen) atoms. The summed E-state index contributed by atoms with van der Waals surface area (Å²) in [4.78, 5) is 43.8. The number of hydrazine groups is 1. The van der Waals surface area contributed by atoms with Crippen molar-refractivity contribution in [2.24, 2.45) is 0 Å². The summed E-state index contributed by atoms with van der Waals surface area (Å²) >= 11 is 8.47. The molecule has 2 heterocycles. The Hall–Kier alpha value is -2.36. The van der Waals surface area contributed by atoms with Crippen molar-refractivity contribution in [1.82, 2.24) is 20.4 Å². The van der Waals surface area contributed by atoms with Gasteiger partial charge in [-0.3, -0.25) is 29.8 Å². The first kappa shape index (κ1) is 23.3. The lowest BCUT2D eigenvalue weighted by Crippen LogP contribution is -2.42. The van der Waals surface area contributed by atoms with Gasteiger partial charge in [-0.1, -0.05) is 36.7 Å². The van der Waals surface area contributed by atoms with E-state index in [0.717, 1.165) is 23.3 Å². The second-order valence-corrected chi connectivity index (χ2v) is 9.55. The van der Waals surface area contributed by atoms with Gasteiger partial charge in [0, 0.05) is 22.0 Å². The van der Waals surface area contributed by atoms with Crippen LogP contribution in [-0.2, 0) is 11.3 Å². The number of hydrogen-bond donors (Lipinski definition) is 2. The van der Waals surface area contributed by atoms with Crippen molar-refractivity contribution in [3.05, 3.63) is 55.6 Å². The van der Waals surface area contributed by atoms with Crippen molar-refractivity contribution in [1.29, 1.82) is 0 Å². The van der Waals surface area contributed by atoms with Crippen LogP contribution in [0.15, 0.2) is 34.2 Å². The van der Waals surface area contributed by atoms with E-state index < -0.39 is 11.8 Å². The second-order valence-electron chi connectivity index (χ2n) is 6.97. The molecule has 0 bridgehead atoms. The van der Waals surface area contributed by atoms with E-state index in [1.165, 1.54) is 23.1 Å². The van der Waals surface area contributed by atoms with Crippen molar-refractivity contribution < 1.29 is 9.59 Å². The maximum Gasteiger partial charge on any atom is 0.269 e. The number of carbonyl (C=O) groups excluding carboxylic acids is 2. The molecule has 1 aromatic carbocycles. The second kappa shape index (κ2) is 10.3. The minimum Gasteiger partial charge on any atom is -0.287 e. The third-order valence-electron chi connectivity index (χ3n) is 4.74. The number of rotatable bonds is 7. The minimum atomic E-state index is -0.445. The number of aromatic nitrogens is 2. The molecule has 3 aromatic rings. The molecular weight excluding hydrogens is 456 g/mol. The molecule has 2 amide bonds. The Bertz CT molecular complexity index is 1170. The molecule has 2 aromatic heterocycles. The smallest absolute Gasteiger partial charge is 0.269 e. The first-order valence-electron chi connectivity index (χ1n) is 9.80. The van der Waals surface area contributed by atoms with Crippen LogP contribution in [0.5, 0.6) is 0 Å². The summed E-state index contributed by atoms with van der Waals surface area (Å²) in [6, 6.07) is 6.32. The van der Waals surface area contributed by atoms with Gasteiger partial charge in [0.1, 0.15) is 4.83 Å². The maximum atomic E-state index is 13.1. The van der Waals surface area contributed by atoms with Gasteiger partial charge in [0.2, 0.25) is 5.91 Å². The number of benzene rings is 1. The van der Waals surface area contributed by atoms with E-state index >= 15 is 0 Å². The lowest BCUT2D eigenvalue weighted by atomic mass is 10.2. The van der Waals surface area contributed by atoms with Gasteiger partial charge in [-0.2, -0.15) is 0 Å². The number of fused-ring (bicyclic) bond motifs is 1. The SMILES string of the molecule is CCCCn1c(SCC(=O)NNC(=O)c2ccc(Cl)cc2)nc2sc(C)c(C)c2c1=O. The highest BCUT2D eigenvalue weighted by atomic mass is 35.5. The normalized spacial score (nSPS) is 11.0. The molecule has 0 fully saturated rings. The molecule has 0 unspecified atom stereocenters. The predicted octanol–water partition coefficient (Wildman–Crippen LogP) is 4.08. The fourth-order valence-electron chi connectivity index (χ4n) is 2.90. The first-order valence-corrected chi connectivity index (χ1v) is 12.0. The topological polar surface area (TPSA) is 93.1 Å². The van der Waals surface area contributed by atoms with E-state index in [1.807, 2.05) is 13.8 Å². The number of halogens is 1. The van der Waals surface area contributed by atoms with Crippen molar-refractivity contribution in [3.8, 4) is 0 Å². The Balaban J connectivity index is 1.70. The summed E-state index contributed by atoms with van der Waals surface area (Å²) in [6.07, 6.45) is 1.78. The first-order chi connectivity index (χ1) is 14.8. The number of amides is 2. The monoisotopic (exact) mass is 478 g/mol. The number of carbonyl (C=O) groups is 2. The molecule has 3 rings (SSSR count). The quantitative estimate of drug-likeness (QED) is 0.303. The lowest BCUT2D eigenvalue weighted by Gasteiger charge is -2.12. The summed E-state index contributed by atoms with van der Waals surface area (Å²) in [5, 5.41) is 1.68. The van der Waals surface area contributed by atoms with Crippen LogP contribution in [0.3, 0.4) is 0 Å².